The smallest absolute Gasteiger partial charge is 0.253 e. The number of benzene rings is 1. The summed E-state index contributed by atoms with van der Waals surface area (Å²) in [6, 6.07) is 9.94. The van der Waals surface area contributed by atoms with Crippen LogP contribution < -0.4 is 11.5 Å². The minimum Gasteiger partial charge on any atom is -0.385 e. The molecule has 0 saturated heterocycles. The zero-order valence-corrected chi connectivity index (χ0v) is 11.4. The average molecular weight is 268 g/mol. The van der Waals surface area contributed by atoms with Gasteiger partial charge in [-0.15, -0.1) is 0 Å². The number of amides is 1. The van der Waals surface area contributed by atoms with Gasteiger partial charge in [0.2, 0.25) is 0 Å². The molecule has 0 unspecified atom stereocenters. The van der Waals surface area contributed by atoms with Gasteiger partial charge in [0.1, 0.15) is 5.82 Å². The Morgan fingerprint density at radius 1 is 1.15 bits per heavy atom. The van der Waals surface area contributed by atoms with Crippen LogP contribution in [-0.2, 0) is 0 Å². The lowest BCUT2D eigenvalue weighted by Crippen LogP contribution is -2.12. The number of H-pyrrole nitrogens is 1. The van der Waals surface area contributed by atoms with Crippen LogP contribution in [0.2, 0.25) is 0 Å². The molecule has 3 aromatic rings. The molecule has 5 heteroatoms. The summed E-state index contributed by atoms with van der Waals surface area (Å²) in [5, 5.41) is 0.751. The van der Waals surface area contributed by atoms with Crippen molar-refractivity contribution in [1.29, 1.82) is 0 Å². The van der Waals surface area contributed by atoms with Crippen molar-refractivity contribution < 1.29 is 4.79 Å². The molecule has 5 nitrogen and oxygen atoms in total. The molecule has 20 heavy (non-hydrogen) atoms. The average Bonchev–Trinajstić information content (AvgIpc) is 2.87. The third kappa shape index (κ3) is 1.67. The van der Waals surface area contributed by atoms with Crippen LogP contribution in [0.3, 0.4) is 0 Å². The Hall–Kier alpha value is -2.69. The van der Waals surface area contributed by atoms with Gasteiger partial charge in [-0.25, -0.2) is 0 Å². The molecule has 1 amide bonds. The van der Waals surface area contributed by atoms with E-state index in [0.717, 1.165) is 28.0 Å². The second-order valence-corrected chi connectivity index (χ2v) is 4.96. The summed E-state index contributed by atoms with van der Waals surface area (Å²) in [4.78, 5) is 14.4. The molecule has 0 aliphatic rings. The monoisotopic (exact) mass is 268 g/mol. The van der Waals surface area contributed by atoms with Crippen LogP contribution >= 0.6 is 0 Å². The Labute approximate surface area is 116 Å². The summed E-state index contributed by atoms with van der Waals surface area (Å²) in [6.45, 7) is 4.10. The molecular weight excluding hydrogens is 252 g/mol. The van der Waals surface area contributed by atoms with Gasteiger partial charge in [0.15, 0.2) is 0 Å². The van der Waals surface area contributed by atoms with Gasteiger partial charge in [-0.05, 0) is 44.2 Å². The molecule has 0 saturated carbocycles. The fourth-order valence-electron chi connectivity index (χ4n) is 2.69. The van der Waals surface area contributed by atoms with Crippen LogP contribution in [-0.4, -0.2) is 15.5 Å². The normalized spacial score (nSPS) is 11.1. The fraction of sp³-hybridized carbons (Fsp3) is 0.133. The number of carbonyl (C=O) groups excluding carboxylic acids is 1. The summed E-state index contributed by atoms with van der Waals surface area (Å²) in [5.74, 6) is -0.208. The SMILES string of the molecule is Cc1ccc(C)n1-c1ccc2c(C(N)=O)c(N)[nH]c2c1. The minimum atomic E-state index is -0.519. The third-order valence-electron chi connectivity index (χ3n) is 3.59. The summed E-state index contributed by atoms with van der Waals surface area (Å²) in [5.41, 5.74) is 15.7. The number of carbonyl (C=O) groups is 1. The Kier molecular flexibility index (Phi) is 2.57. The molecule has 102 valence electrons. The van der Waals surface area contributed by atoms with E-state index in [1.807, 2.05) is 18.2 Å². The van der Waals surface area contributed by atoms with Gasteiger partial charge >= 0.3 is 0 Å². The van der Waals surface area contributed by atoms with Crippen molar-refractivity contribution >= 4 is 22.6 Å². The van der Waals surface area contributed by atoms with Crippen molar-refractivity contribution in [2.45, 2.75) is 13.8 Å². The van der Waals surface area contributed by atoms with E-state index in [4.69, 9.17) is 11.5 Å². The van der Waals surface area contributed by atoms with Crippen LogP contribution in [0.4, 0.5) is 5.82 Å². The first-order valence-electron chi connectivity index (χ1n) is 6.35. The largest absolute Gasteiger partial charge is 0.385 e. The van der Waals surface area contributed by atoms with E-state index in [1.54, 1.807) is 0 Å². The molecule has 0 radical (unpaired) electrons. The highest BCUT2D eigenvalue weighted by atomic mass is 16.1. The first-order chi connectivity index (χ1) is 9.49. The zero-order chi connectivity index (χ0) is 14.4. The number of hydrogen-bond donors (Lipinski definition) is 3. The number of aromatic amines is 1. The Morgan fingerprint density at radius 3 is 2.40 bits per heavy atom. The molecule has 0 atom stereocenters. The number of aromatic nitrogens is 2. The predicted octanol–water partition coefficient (Wildman–Crippen LogP) is 2.26. The number of nitrogens with two attached hydrogens (primary N) is 2. The van der Waals surface area contributed by atoms with Crippen LogP contribution in [0.1, 0.15) is 21.7 Å². The second kappa shape index (κ2) is 4.16. The summed E-state index contributed by atoms with van der Waals surface area (Å²) in [6.07, 6.45) is 0. The van der Waals surface area contributed by atoms with Gasteiger partial charge in [0.05, 0.1) is 5.56 Å². The Bertz CT molecular complexity index is 806. The lowest BCUT2D eigenvalue weighted by molar-refractivity contribution is 0.100. The molecule has 5 N–H and O–H groups in total. The molecule has 1 aromatic carbocycles. The first-order valence-corrected chi connectivity index (χ1v) is 6.35. The summed E-state index contributed by atoms with van der Waals surface area (Å²) < 4.78 is 2.14. The van der Waals surface area contributed by atoms with Gasteiger partial charge in [-0.2, -0.15) is 0 Å². The van der Waals surface area contributed by atoms with Crippen molar-refractivity contribution in [3.8, 4) is 5.69 Å². The van der Waals surface area contributed by atoms with Gasteiger partial charge in [-0.3, -0.25) is 4.79 Å². The van der Waals surface area contributed by atoms with E-state index in [9.17, 15) is 4.79 Å². The van der Waals surface area contributed by atoms with Crippen LogP contribution in [0, 0.1) is 13.8 Å². The lowest BCUT2D eigenvalue weighted by atomic mass is 10.1. The maximum atomic E-state index is 11.4. The Balaban J connectivity index is 2.25. The standard InChI is InChI=1S/C15H16N4O/c1-8-3-4-9(2)19(8)10-5-6-11-12(7-10)18-14(16)13(11)15(17)20/h3-7,18H,16H2,1-2H3,(H2,17,20). The second-order valence-electron chi connectivity index (χ2n) is 4.96. The van der Waals surface area contributed by atoms with E-state index < -0.39 is 5.91 Å². The zero-order valence-electron chi connectivity index (χ0n) is 11.4. The molecule has 0 spiro atoms. The van der Waals surface area contributed by atoms with E-state index in [1.165, 1.54) is 0 Å². The van der Waals surface area contributed by atoms with Crippen molar-refractivity contribution in [2.24, 2.45) is 5.73 Å². The minimum absolute atomic E-state index is 0.311. The van der Waals surface area contributed by atoms with Gasteiger partial charge in [0, 0.05) is 28.0 Å². The molecule has 2 heterocycles. The molecule has 0 aliphatic heterocycles. The Morgan fingerprint density at radius 2 is 1.80 bits per heavy atom. The highest BCUT2D eigenvalue weighted by Gasteiger charge is 2.15. The highest BCUT2D eigenvalue weighted by Crippen LogP contribution is 2.27. The predicted molar refractivity (Wildman–Crippen MR) is 80.0 cm³/mol. The molecular formula is C15H16N4O. The number of aryl methyl sites for hydroxylation is 2. The van der Waals surface area contributed by atoms with Crippen molar-refractivity contribution in [1.82, 2.24) is 9.55 Å². The van der Waals surface area contributed by atoms with Crippen molar-refractivity contribution in [3.05, 3.63) is 47.3 Å². The quantitative estimate of drug-likeness (QED) is 0.665. The van der Waals surface area contributed by atoms with Crippen molar-refractivity contribution in [2.75, 3.05) is 5.73 Å². The molecule has 0 fully saturated rings. The number of primary amides is 1. The molecule has 0 bridgehead atoms. The summed E-state index contributed by atoms with van der Waals surface area (Å²) >= 11 is 0. The van der Waals surface area contributed by atoms with Crippen LogP contribution in [0.25, 0.3) is 16.6 Å². The molecule has 3 rings (SSSR count). The number of rotatable bonds is 2. The number of nitrogens with zero attached hydrogens (tertiary/aromatic N) is 1. The number of hydrogen-bond acceptors (Lipinski definition) is 2. The summed E-state index contributed by atoms with van der Waals surface area (Å²) in [7, 11) is 0. The lowest BCUT2D eigenvalue weighted by Gasteiger charge is -2.09. The van der Waals surface area contributed by atoms with E-state index >= 15 is 0 Å². The number of nitrogens with one attached hydrogen (secondary N) is 1. The maximum absolute atomic E-state index is 11.4. The third-order valence-corrected chi connectivity index (χ3v) is 3.59. The van der Waals surface area contributed by atoms with E-state index in [0.29, 0.717) is 11.4 Å². The van der Waals surface area contributed by atoms with E-state index in [2.05, 4.69) is 35.5 Å². The van der Waals surface area contributed by atoms with E-state index in [-0.39, 0.29) is 0 Å². The maximum Gasteiger partial charge on any atom is 0.253 e. The molecule has 2 aromatic heterocycles. The highest BCUT2D eigenvalue weighted by molar-refractivity contribution is 6.10. The van der Waals surface area contributed by atoms with Crippen molar-refractivity contribution in [3.63, 3.8) is 0 Å². The first kappa shape index (κ1) is 12.3. The van der Waals surface area contributed by atoms with Gasteiger partial charge < -0.3 is 21.0 Å². The number of anilines is 1. The topological polar surface area (TPSA) is 89.8 Å². The fourth-order valence-corrected chi connectivity index (χ4v) is 2.69. The van der Waals surface area contributed by atoms with Crippen LogP contribution in [0.5, 0.6) is 0 Å². The van der Waals surface area contributed by atoms with Crippen LogP contribution in [0.15, 0.2) is 30.3 Å². The van der Waals surface area contributed by atoms with Gasteiger partial charge in [-0.1, -0.05) is 0 Å². The van der Waals surface area contributed by atoms with Gasteiger partial charge in [0.25, 0.3) is 5.91 Å². The molecule has 0 aliphatic carbocycles. The number of nitrogen functional groups attached to an aromatic ring is 1. The number of fused-ring (bicyclic) bond motifs is 1.